The van der Waals surface area contributed by atoms with Crippen molar-refractivity contribution in [1.29, 1.82) is 0 Å². The van der Waals surface area contributed by atoms with Crippen LogP contribution < -0.4 is 5.32 Å². The fourth-order valence-corrected chi connectivity index (χ4v) is 4.32. The molecule has 1 heterocycles. The Morgan fingerprint density at radius 2 is 1.68 bits per heavy atom. The van der Waals surface area contributed by atoms with Gasteiger partial charge >= 0.3 is 11.9 Å². The predicted octanol–water partition coefficient (Wildman–Crippen LogP) is 2.53. The molecule has 31 heavy (non-hydrogen) atoms. The molecular formula is C20H24N2O7S2. The Labute approximate surface area is 185 Å². The molecule has 2 rings (SSSR count). The molecule has 0 aliphatic rings. The zero-order valence-electron chi connectivity index (χ0n) is 17.6. The Kier molecular flexibility index (Phi) is 8.31. The van der Waals surface area contributed by atoms with Crippen molar-refractivity contribution >= 4 is 44.2 Å². The maximum Gasteiger partial charge on any atom is 0.341 e. The van der Waals surface area contributed by atoms with Gasteiger partial charge in [0.05, 0.1) is 22.6 Å². The maximum absolute atomic E-state index is 12.2. The van der Waals surface area contributed by atoms with E-state index in [2.05, 4.69) is 5.32 Å². The largest absolute Gasteiger partial charge is 0.462 e. The average molecular weight is 469 g/mol. The minimum Gasteiger partial charge on any atom is -0.462 e. The summed E-state index contributed by atoms with van der Waals surface area (Å²) in [7, 11) is -0.808. The van der Waals surface area contributed by atoms with E-state index in [1.807, 2.05) is 6.92 Å². The van der Waals surface area contributed by atoms with Crippen LogP contribution in [0.5, 0.6) is 0 Å². The third-order valence-corrected chi connectivity index (χ3v) is 7.11. The van der Waals surface area contributed by atoms with Gasteiger partial charge in [-0.3, -0.25) is 4.79 Å². The number of nitrogens with zero attached hydrogens (tertiary/aromatic N) is 1. The number of rotatable bonds is 9. The molecule has 1 aromatic heterocycles. The Morgan fingerprint density at radius 3 is 2.23 bits per heavy atom. The lowest BCUT2D eigenvalue weighted by molar-refractivity contribution is -0.119. The number of nitrogens with one attached hydrogen (secondary N) is 1. The lowest BCUT2D eigenvalue weighted by atomic mass is 10.2. The van der Waals surface area contributed by atoms with Crippen LogP contribution in [0.15, 0.2) is 35.2 Å². The SMILES string of the molecule is CCOC(=O)c1cc(CC)sc1NC(=O)COC(=O)c1ccc(S(=O)(=O)N(C)C)cc1. The Morgan fingerprint density at radius 1 is 1.03 bits per heavy atom. The molecule has 0 fully saturated rings. The number of hydrogen-bond acceptors (Lipinski definition) is 8. The summed E-state index contributed by atoms with van der Waals surface area (Å²) in [5.41, 5.74) is 0.350. The van der Waals surface area contributed by atoms with E-state index in [4.69, 9.17) is 9.47 Å². The smallest absolute Gasteiger partial charge is 0.341 e. The number of carbonyl (C=O) groups is 3. The third kappa shape index (κ3) is 6.12. The van der Waals surface area contributed by atoms with Gasteiger partial charge in [-0.25, -0.2) is 22.3 Å². The molecule has 1 N–H and O–H groups in total. The number of esters is 2. The molecule has 0 atom stereocenters. The van der Waals surface area contributed by atoms with Gasteiger partial charge in [-0.2, -0.15) is 0 Å². The van der Waals surface area contributed by atoms with Crippen molar-refractivity contribution in [2.45, 2.75) is 25.2 Å². The van der Waals surface area contributed by atoms with E-state index in [0.29, 0.717) is 11.4 Å². The van der Waals surface area contributed by atoms with Crippen molar-refractivity contribution in [3.05, 3.63) is 46.3 Å². The standard InChI is InChI=1S/C20H24N2O7S2/c1-5-14-11-16(20(25)28-6-2)18(30-14)21-17(23)12-29-19(24)13-7-9-15(10-8-13)31(26,27)22(3)4/h7-11H,5-6,12H2,1-4H3,(H,21,23). The number of anilines is 1. The minimum absolute atomic E-state index is 0.0303. The fraction of sp³-hybridized carbons (Fsp3) is 0.350. The second-order valence-corrected chi connectivity index (χ2v) is 9.75. The number of carbonyl (C=O) groups excluding carboxylic acids is 3. The summed E-state index contributed by atoms with van der Waals surface area (Å²) in [5, 5.41) is 2.90. The molecule has 0 saturated carbocycles. The van der Waals surface area contributed by atoms with Gasteiger partial charge in [0.2, 0.25) is 10.0 Å². The van der Waals surface area contributed by atoms with Crippen LogP contribution in [0.4, 0.5) is 5.00 Å². The molecule has 1 amide bonds. The molecule has 9 nitrogen and oxygen atoms in total. The lowest BCUT2D eigenvalue weighted by Crippen LogP contribution is -2.23. The van der Waals surface area contributed by atoms with E-state index in [9.17, 15) is 22.8 Å². The first-order valence-corrected chi connectivity index (χ1v) is 11.6. The van der Waals surface area contributed by atoms with Crippen LogP contribution in [0.1, 0.15) is 39.4 Å². The molecule has 0 saturated heterocycles. The maximum atomic E-state index is 12.2. The molecule has 168 valence electrons. The van der Waals surface area contributed by atoms with E-state index in [0.717, 1.165) is 9.18 Å². The van der Waals surface area contributed by atoms with Gasteiger partial charge in [0.1, 0.15) is 5.00 Å². The van der Waals surface area contributed by atoms with Gasteiger partial charge in [-0.15, -0.1) is 11.3 Å². The van der Waals surface area contributed by atoms with Crippen molar-refractivity contribution in [1.82, 2.24) is 4.31 Å². The fourth-order valence-electron chi connectivity index (χ4n) is 2.42. The average Bonchev–Trinajstić information content (AvgIpc) is 3.15. The summed E-state index contributed by atoms with van der Waals surface area (Å²) in [5.74, 6) is -1.94. The van der Waals surface area contributed by atoms with Crippen molar-refractivity contribution in [3.8, 4) is 0 Å². The number of benzene rings is 1. The summed E-state index contributed by atoms with van der Waals surface area (Å²) >= 11 is 1.24. The third-order valence-electron chi connectivity index (χ3n) is 4.08. The molecule has 1 aromatic carbocycles. The van der Waals surface area contributed by atoms with Gasteiger partial charge in [-0.1, -0.05) is 6.92 Å². The summed E-state index contributed by atoms with van der Waals surface area (Å²) in [4.78, 5) is 37.4. The Balaban J connectivity index is 2.01. The van der Waals surface area contributed by atoms with Crippen molar-refractivity contribution in [2.75, 3.05) is 32.6 Å². The topological polar surface area (TPSA) is 119 Å². The van der Waals surface area contributed by atoms with Gasteiger partial charge < -0.3 is 14.8 Å². The highest BCUT2D eigenvalue weighted by Crippen LogP contribution is 2.29. The molecule has 0 radical (unpaired) electrons. The summed E-state index contributed by atoms with van der Waals surface area (Å²) in [6.45, 7) is 3.24. The van der Waals surface area contributed by atoms with Gasteiger partial charge in [0.25, 0.3) is 5.91 Å². The highest BCUT2D eigenvalue weighted by atomic mass is 32.2. The minimum atomic E-state index is -3.61. The summed E-state index contributed by atoms with van der Waals surface area (Å²) in [6, 6.07) is 6.85. The van der Waals surface area contributed by atoms with Crippen LogP contribution in [-0.4, -0.2) is 57.9 Å². The van der Waals surface area contributed by atoms with Crippen LogP contribution in [-0.2, 0) is 30.7 Å². The summed E-state index contributed by atoms with van der Waals surface area (Å²) < 4.78 is 35.2. The van der Waals surface area contributed by atoms with Crippen LogP contribution in [0, 0.1) is 0 Å². The van der Waals surface area contributed by atoms with Crippen LogP contribution in [0.2, 0.25) is 0 Å². The Bertz CT molecular complexity index is 1060. The first-order chi connectivity index (χ1) is 14.6. The van der Waals surface area contributed by atoms with Crippen LogP contribution in [0.25, 0.3) is 0 Å². The number of amides is 1. The van der Waals surface area contributed by atoms with Crippen LogP contribution >= 0.6 is 11.3 Å². The molecule has 11 heteroatoms. The zero-order chi connectivity index (χ0) is 23.2. The quantitative estimate of drug-likeness (QED) is 0.562. The van der Waals surface area contributed by atoms with Gasteiger partial charge in [0.15, 0.2) is 6.61 Å². The first-order valence-electron chi connectivity index (χ1n) is 9.39. The van der Waals surface area contributed by atoms with E-state index >= 15 is 0 Å². The number of hydrogen-bond donors (Lipinski definition) is 1. The van der Waals surface area contributed by atoms with Crippen molar-refractivity contribution in [3.63, 3.8) is 0 Å². The van der Waals surface area contributed by atoms with Crippen molar-refractivity contribution in [2.24, 2.45) is 0 Å². The lowest BCUT2D eigenvalue weighted by Gasteiger charge is -2.11. The predicted molar refractivity (Wildman–Crippen MR) is 116 cm³/mol. The highest BCUT2D eigenvalue weighted by molar-refractivity contribution is 7.89. The molecule has 0 aliphatic heterocycles. The number of sulfonamides is 1. The molecular weight excluding hydrogens is 444 g/mol. The summed E-state index contributed by atoms with van der Waals surface area (Å²) in [6.07, 6.45) is 0.682. The van der Waals surface area contributed by atoms with Crippen molar-refractivity contribution < 1.29 is 32.3 Å². The van der Waals surface area contributed by atoms with Crippen LogP contribution in [0.3, 0.4) is 0 Å². The second kappa shape index (κ2) is 10.5. The zero-order valence-corrected chi connectivity index (χ0v) is 19.3. The number of ether oxygens (including phenoxy) is 2. The monoisotopic (exact) mass is 468 g/mol. The number of aryl methyl sites for hydroxylation is 1. The van der Waals surface area contributed by atoms with E-state index in [1.165, 1.54) is 49.7 Å². The highest BCUT2D eigenvalue weighted by Gasteiger charge is 2.20. The Hall–Kier alpha value is -2.76. The molecule has 0 spiro atoms. The van der Waals surface area contributed by atoms with E-state index in [-0.39, 0.29) is 22.6 Å². The molecule has 0 aliphatic carbocycles. The molecule has 2 aromatic rings. The van der Waals surface area contributed by atoms with Gasteiger partial charge in [-0.05, 0) is 43.7 Å². The van der Waals surface area contributed by atoms with E-state index in [1.54, 1.807) is 13.0 Å². The normalized spacial score (nSPS) is 11.3. The number of thiophene rings is 1. The van der Waals surface area contributed by atoms with E-state index < -0.39 is 34.5 Å². The molecule has 0 bridgehead atoms. The van der Waals surface area contributed by atoms with Gasteiger partial charge in [0, 0.05) is 19.0 Å². The molecule has 0 unspecified atom stereocenters. The second-order valence-electron chi connectivity index (χ2n) is 6.47. The first kappa shape index (κ1) is 24.5.